The molecule has 2 amide bonds. The number of nitrogens with zero attached hydrogens (tertiary/aromatic N) is 5. The quantitative estimate of drug-likeness (QED) is 0.555. The fourth-order valence-corrected chi connectivity index (χ4v) is 3.97. The van der Waals surface area contributed by atoms with Crippen molar-refractivity contribution < 1.29 is 9.59 Å². The zero-order chi connectivity index (χ0) is 21.2. The third kappa shape index (κ3) is 3.75. The number of pyridine rings is 1. The van der Waals surface area contributed by atoms with Gasteiger partial charge >= 0.3 is 0 Å². The molecule has 2 aromatic heterocycles. The Morgan fingerprint density at radius 2 is 1.71 bits per heavy atom. The molecule has 1 unspecified atom stereocenters. The summed E-state index contributed by atoms with van der Waals surface area (Å²) < 4.78 is 1.44. The van der Waals surface area contributed by atoms with Gasteiger partial charge in [0.15, 0.2) is 5.65 Å². The fraction of sp³-hybridized carbons (Fsp3) is 0.174. The standard InChI is InChI=1S/C23H20N6O2/c30-22(18-10-13-21-25-26-27-29(21)15-18)24-19-11-8-17(9-12-19)23(31)28-14-4-7-20(28)16-5-2-1-3-6-16/h1-3,5-6,8-13,15,20H,4,7,14H2,(H,24,30). The van der Waals surface area contributed by atoms with E-state index in [1.54, 1.807) is 42.6 Å². The number of benzene rings is 2. The van der Waals surface area contributed by atoms with Gasteiger partial charge in [0.1, 0.15) is 0 Å². The molecular formula is C23H20N6O2. The van der Waals surface area contributed by atoms with Crippen molar-refractivity contribution in [2.75, 3.05) is 11.9 Å². The summed E-state index contributed by atoms with van der Waals surface area (Å²) in [6.45, 7) is 0.747. The predicted molar refractivity (Wildman–Crippen MR) is 115 cm³/mol. The van der Waals surface area contributed by atoms with Crippen molar-refractivity contribution in [2.45, 2.75) is 18.9 Å². The molecule has 5 rings (SSSR count). The van der Waals surface area contributed by atoms with E-state index in [9.17, 15) is 9.59 Å². The van der Waals surface area contributed by atoms with Crippen LogP contribution in [0, 0.1) is 0 Å². The van der Waals surface area contributed by atoms with Crippen LogP contribution in [0.25, 0.3) is 5.65 Å². The first kappa shape index (κ1) is 18.9. The molecule has 2 aromatic carbocycles. The first-order valence-electron chi connectivity index (χ1n) is 10.1. The lowest BCUT2D eigenvalue weighted by Crippen LogP contribution is -2.30. The topological polar surface area (TPSA) is 92.5 Å². The highest BCUT2D eigenvalue weighted by atomic mass is 16.2. The van der Waals surface area contributed by atoms with Crippen LogP contribution in [0.4, 0.5) is 5.69 Å². The minimum absolute atomic E-state index is 0.00774. The lowest BCUT2D eigenvalue weighted by atomic mass is 10.0. The van der Waals surface area contributed by atoms with Crippen LogP contribution in [0.1, 0.15) is 45.2 Å². The normalized spacial score (nSPS) is 15.9. The van der Waals surface area contributed by atoms with Gasteiger partial charge in [0.2, 0.25) is 0 Å². The minimum Gasteiger partial charge on any atom is -0.332 e. The molecule has 8 nitrogen and oxygen atoms in total. The fourth-order valence-electron chi connectivity index (χ4n) is 3.97. The molecule has 1 atom stereocenters. The van der Waals surface area contributed by atoms with Gasteiger partial charge in [-0.3, -0.25) is 9.59 Å². The number of tetrazole rings is 1. The summed E-state index contributed by atoms with van der Waals surface area (Å²) in [6.07, 6.45) is 3.53. The molecule has 1 saturated heterocycles. The van der Waals surface area contributed by atoms with Gasteiger partial charge in [-0.25, -0.2) is 0 Å². The van der Waals surface area contributed by atoms with E-state index in [0.29, 0.717) is 22.5 Å². The third-order valence-electron chi connectivity index (χ3n) is 5.54. The van der Waals surface area contributed by atoms with Gasteiger partial charge < -0.3 is 10.2 Å². The highest BCUT2D eigenvalue weighted by Crippen LogP contribution is 2.33. The number of likely N-dealkylation sites (tertiary alicyclic amines) is 1. The highest BCUT2D eigenvalue weighted by molar-refractivity contribution is 6.04. The lowest BCUT2D eigenvalue weighted by Gasteiger charge is -2.25. The van der Waals surface area contributed by atoms with Gasteiger partial charge in [-0.2, -0.15) is 4.52 Å². The summed E-state index contributed by atoms with van der Waals surface area (Å²) in [5.74, 6) is -0.270. The Hall–Kier alpha value is -4.07. The SMILES string of the molecule is O=C(Nc1ccc(C(=O)N2CCCC2c2ccccc2)cc1)c1ccc2nnnn2c1. The molecule has 0 radical (unpaired) electrons. The van der Waals surface area contributed by atoms with Crippen molar-refractivity contribution in [2.24, 2.45) is 0 Å². The molecule has 0 aliphatic carbocycles. The molecule has 0 bridgehead atoms. The molecule has 31 heavy (non-hydrogen) atoms. The highest BCUT2D eigenvalue weighted by Gasteiger charge is 2.30. The van der Waals surface area contributed by atoms with E-state index in [2.05, 4.69) is 33.0 Å². The van der Waals surface area contributed by atoms with Crippen LogP contribution in [0.5, 0.6) is 0 Å². The molecule has 4 aromatic rings. The summed E-state index contributed by atoms with van der Waals surface area (Å²) in [5.41, 5.74) is 3.38. The Morgan fingerprint density at radius 1 is 0.935 bits per heavy atom. The smallest absolute Gasteiger partial charge is 0.257 e. The molecule has 1 aliphatic heterocycles. The molecule has 1 fully saturated rings. The number of aromatic nitrogens is 4. The Kier molecular flexibility index (Phi) is 4.87. The average molecular weight is 412 g/mol. The first-order valence-corrected chi connectivity index (χ1v) is 10.1. The second-order valence-corrected chi connectivity index (χ2v) is 7.50. The zero-order valence-electron chi connectivity index (χ0n) is 16.7. The van der Waals surface area contributed by atoms with Crippen LogP contribution in [-0.4, -0.2) is 43.3 Å². The van der Waals surface area contributed by atoms with Gasteiger partial charge in [0.05, 0.1) is 11.6 Å². The Morgan fingerprint density at radius 3 is 2.52 bits per heavy atom. The summed E-state index contributed by atoms with van der Waals surface area (Å²) in [7, 11) is 0. The van der Waals surface area contributed by atoms with Crippen LogP contribution in [0.2, 0.25) is 0 Å². The molecule has 0 spiro atoms. The summed E-state index contributed by atoms with van der Waals surface area (Å²) in [4.78, 5) is 27.6. The van der Waals surface area contributed by atoms with E-state index in [0.717, 1.165) is 24.9 Å². The maximum atomic E-state index is 13.1. The van der Waals surface area contributed by atoms with Crippen LogP contribution in [0.15, 0.2) is 72.9 Å². The molecular weight excluding hydrogens is 392 g/mol. The number of fused-ring (bicyclic) bond motifs is 1. The lowest BCUT2D eigenvalue weighted by molar-refractivity contribution is 0.0735. The molecule has 1 aliphatic rings. The molecule has 3 heterocycles. The van der Waals surface area contributed by atoms with Crippen molar-refractivity contribution in [3.63, 3.8) is 0 Å². The number of hydrogen-bond acceptors (Lipinski definition) is 5. The van der Waals surface area contributed by atoms with Crippen LogP contribution in [0.3, 0.4) is 0 Å². The van der Waals surface area contributed by atoms with E-state index in [1.807, 2.05) is 23.1 Å². The number of nitrogens with one attached hydrogen (secondary N) is 1. The average Bonchev–Trinajstić information content (AvgIpc) is 3.49. The monoisotopic (exact) mass is 412 g/mol. The third-order valence-corrected chi connectivity index (χ3v) is 5.54. The predicted octanol–water partition coefficient (Wildman–Crippen LogP) is 3.35. The molecule has 154 valence electrons. The number of amides is 2. The molecule has 8 heteroatoms. The van der Waals surface area contributed by atoms with E-state index in [4.69, 9.17) is 0 Å². The Balaban J connectivity index is 1.29. The van der Waals surface area contributed by atoms with Crippen LogP contribution >= 0.6 is 0 Å². The molecule has 0 saturated carbocycles. The number of carbonyl (C=O) groups is 2. The maximum Gasteiger partial charge on any atom is 0.257 e. The minimum atomic E-state index is -0.278. The van der Waals surface area contributed by atoms with Crippen LogP contribution < -0.4 is 5.32 Å². The van der Waals surface area contributed by atoms with E-state index >= 15 is 0 Å². The largest absolute Gasteiger partial charge is 0.332 e. The van der Waals surface area contributed by atoms with Crippen LogP contribution in [-0.2, 0) is 0 Å². The van der Waals surface area contributed by atoms with Crippen molar-refractivity contribution >= 4 is 23.1 Å². The number of hydrogen-bond donors (Lipinski definition) is 1. The van der Waals surface area contributed by atoms with Gasteiger partial charge in [-0.15, -0.1) is 5.10 Å². The van der Waals surface area contributed by atoms with E-state index < -0.39 is 0 Å². The van der Waals surface area contributed by atoms with Gasteiger partial charge in [-0.1, -0.05) is 30.3 Å². The van der Waals surface area contributed by atoms with Gasteiger partial charge in [0, 0.05) is 24.0 Å². The second-order valence-electron chi connectivity index (χ2n) is 7.50. The maximum absolute atomic E-state index is 13.1. The Bertz CT molecular complexity index is 1240. The number of anilines is 1. The number of rotatable bonds is 4. The van der Waals surface area contributed by atoms with Gasteiger partial charge in [-0.05, 0) is 65.2 Å². The van der Waals surface area contributed by atoms with E-state index in [1.165, 1.54) is 4.52 Å². The van der Waals surface area contributed by atoms with Crippen molar-refractivity contribution in [1.82, 2.24) is 24.9 Å². The summed E-state index contributed by atoms with van der Waals surface area (Å²) in [6, 6.07) is 20.6. The zero-order valence-corrected chi connectivity index (χ0v) is 16.7. The number of carbonyl (C=O) groups excluding carboxylic acids is 2. The van der Waals surface area contributed by atoms with Crippen molar-refractivity contribution in [1.29, 1.82) is 0 Å². The van der Waals surface area contributed by atoms with E-state index in [-0.39, 0.29) is 17.9 Å². The second kappa shape index (κ2) is 7.98. The summed E-state index contributed by atoms with van der Waals surface area (Å²) in [5, 5.41) is 14.0. The first-order chi connectivity index (χ1) is 15.2. The van der Waals surface area contributed by atoms with Crippen molar-refractivity contribution in [3.8, 4) is 0 Å². The van der Waals surface area contributed by atoms with Gasteiger partial charge in [0.25, 0.3) is 11.8 Å². The molecule has 1 N–H and O–H groups in total. The summed E-state index contributed by atoms with van der Waals surface area (Å²) >= 11 is 0. The van der Waals surface area contributed by atoms with Crippen molar-refractivity contribution in [3.05, 3.63) is 89.6 Å². The Labute approximate surface area is 178 Å².